The van der Waals surface area contributed by atoms with Gasteiger partial charge in [0.25, 0.3) is 11.8 Å². The summed E-state index contributed by atoms with van der Waals surface area (Å²) in [5.74, 6) is 0.217. The van der Waals surface area contributed by atoms with Crippen LogP contribution >= 0.6 is 0 Å². The Labute approximate surface area is 403 Å². The summed E-state index contributed by atoms with van der Waals surface area (Å²) in [5.41, 5.74) is 3.45. The number of ether oxygens (including phenoxy) is 2. The van der Waals surface area contributed by atoms with E-state index in [0.29, 0.717) is 95.3 Å². The number of rotatable bonds is 20. The number of carbonyl (C=O) groups is 6. The predicted octanol–water partition coefficient (Wildman–Crippen LogP) is 2.74. The van der Waals surface area contributed by atoms with Gasteiger partial charge in [-0.2, -0.15) is 0 Å². The highest BCUT2D eigenvalue weighted by molar-refractivity contribution is 6.06. The number of piperidine rings is 3. The van der Waals surface area contributed by atoms with Crippen molar-refractivity contribution >= 4 is 53.0 Å². The number of likely N-dealkylation sites (tertiary alicyclic amines) is 1. The Morgan fingerprint density at radius 1 is 0.797 bits per heavy atom. The Hall–Kier alpha value is -6.31. The number of fused-ring (bicyclic) bond motifs is 1. The lowest BCUT2D eigenvalue weighted by Gasteiger charge is -2.43. The van der Waals surface area contributed by atoms with Gasteiger partial charge < -0.3 is 39.7 Å². The summed E-state index contributed by atoms with van der Waals surface area (Å²) in [4.78, 5) is 89.5. The minimum absolute atomic E-state index is 0.00986. The molecule has 69 heavy (non-hydrogen) atoms. The van der Waals surface area contributed by atoms with E-state index in [-0.39, 0.29) is 42.6 Å². The van der Waals surface area contributed by atoms with Crippen molar-refractivity contribution in [2.45, 2.75) is 76.4 Å². The van der Waals surface area contributed by atoms with Gasteiger partial charge in [0.15, 0.2) is 11.5 Å². The number of nitrogens with one attached hydrogen (secondary N) is 3. The van der Waals surface area contributed by atoms with Crippen LogP contribution in [0.1, 0.15) is 89.8 Å². The number of piperazine rings is 1. The lowest BCUT2D eigenvalue weighted by atomic mass is 9.91. The zero-order valence-corrected chi connectivity index (χ0v) is 39.4. The lowest BCUT2D eigenvalue weighted by molar-refractivity contribution is -0.139. The maximum Gasteiger partial charge on any atom is 0.274 e. The monoisotopic (exact) mass is 948 g/mol. The molecule has 3 aromatic rings. The smallest absolute Gasteiger partial charge is 0.274 e. The van der Waals surface area contributed by atoms with Crippen molar-refractivity contribution in [1.29, 1.82) is 0 Å². The Bertz CT molecular complexity index is 2280. The highest BCUT2D eigenvalue weighted by Gasteiger charge is 2.40. The van der Waals surface area contributed by atoms with Crippen molar-refractivity contribution in [2.24, 2.45) is 5.92 Å². The number of pyridine rings is 1. The molecular weight excluding hydrogens is 883 g/mol. The molecule has 8 rings (SSSR count). The molecule has 7 heterocycles. The SMILES string of the molecule is O=C(/C=C/c1cccnc1)NCCCCC1CCN(C(=O)c2ccc(N3CCC(N4CCN(C(=O)COCCOCCNc5cccc6c5CN(C5CCC(=O)NC5=O)C6=O)CC4)CC3)nn2)CC1. The molecule has 1 aromatic carbocycles. The van der Waals surface area contributed by atoms with E-state index in [1.54, 1.807) is 42.7 Å². The number of carbonyl (C=O) groups excluding carboxylic acids is 6. The number of benzene rings is 1. The number of hydrogen-bond acceptors (Lipinski definition) is 14. The van der Waals surface area contributed by atoms with Crippen LogP contribution in [0.4, 0.5) is 11.5 Å². The van der Waals surface area contributed by atoms with Crippen LogP contribution in [-0.4, -0.2) is 174 Å². The first kappa shape index (κ1) is 49.1. The second-order valence-electron chi connectivity index (χ2n) is 18.4. The third-order valence-electron chi connectivity index (χ3n) is 13.9. The number of nitrogens with zero attached hydrogens (tertiary/aromatic N) is 8. The van der Waals surface area contributed by atoms with Crippen molar-refractivity contribution in [3.8, 4) is 0 Å². The Morgan fingerprint density at radius 3 is 2.36 bits per heavy atom. The normalized spacial score (nSPS) is 19.5. The summed E-state index contributed by atoms with van der Waals surface area (Å²) in [6.45, 7) is 8.57. The van der Waals surface area contributed by atoms with E-state index in [2.05, 4.69) is 40.9 Å². The van der Waals surface area contributed by atoms with Crippen LogP contribution in [0.25, 0.3) is 6.08 Å². The van der Waals surface area contributed by atoms with E-state index in [0.717, 1.165) is 93.8 Å². The second-order valence-corrected chi connectivity index (χ2v) is 18.4. The Balaban J connectivity index is 0.643. The van der Waals surface area contributed by atoms with Crippen molar-refractivity contribution in [3.05, 3.63) is 83.3 Å². The first-order chi connectivity index (χ1) is 33.7. The first-order valence-corrected chi connectivity index (χ1v) is 24.6. The minimum atomic E-state index is -0.661. The van der Waals surface area contributed by atoms with Crippen LogP contribution in [0.5, 0.6) is 0 Å². The molecule has 4 fully saturated rings. The molecule has 1 atom stereocenters. The molecule has 3 N–H and O–H groups in total. The molecule has 0 spiro atoms. The molecule has 0 radical (unpaired) electrons. The van der Waals surface area contributed by atoms with Gasteiger partial charge in [0, 0.05) is 120 Å². The van der Waals surface area contributed by atoms with E-state index in [1.807, 2.05) is 34.1 Å². The van der Waals surface area contributed by atoms with Crippen molar-refractivity contribution in [1.82, 2.24) is 45.4 Å². The van der Waals surface area contributed by atoms with Gasteiger partial charge in [0.1, 0.15) is 12.6 Å². The average molecular weight is 948 g/mol. The van der Waals surface area contributed by atoms with Crippen LogP contribution in [0.3, 0.4) is 0 Å². The molecule has 4 saturated heterocycles. The molecule has 368 valence electrons. The summed E-state index contributed by atoms with van der Waals surface area (Å²) < 4.78 is 11.4. The minimum Gasteiger partial charge on any atom is -0.382 e. The maximum absolute atomic E-state index is 13.3. The van der Waals surface area contributed by atoms with E-state index < -0.39 is 11.9 Å². The molecule has 0 saturated carbocycles. The quantitative estimate of drug-likeness (QED) is 0.0846. The second kappa shape index (κ2) is 24.3. The Kier molecular flexibility index (Phi) is 17.3. The van der Waals surface area contributed by atoms with Gasteiger partial charge in [-0.1, -0.05) is 25.0 Å². The highest BCUT2D eigenvalue weighted by Crippen LogP contribution is 2.32. The number of imide groups is 1. The van der Waals surface area contributed by atoms with Gasteiger partial charge in [0.05, 0.1) is 19.8 Å². The van der Waals surface area contributed by atoms with Crippen LogP contribution < -0.4 is 20.9 Å². The number of anilines is 2. The van der Waals surface area contributed by atoms with Crippen LogP contribution in [0.15, 0.2) is 60.9 Å². The molecular formula is C50H65N11O8. The fraction of sp³-hybridized carbons (Fsp3) is 0.540. The largest absolute Gasteiger partial charge is 0.382 e. The summed E-state index contributed by atoms with van der Waals surface area (Å²) in [7, 11) is 0. The first-order valence-electron chi connectivity index (χ1n) is 24.6. The van der Waals surface area contributed by atoms with Gasteiger partial charge in [0.2, 0.25) is 23.6 Å². The van der Waals surface area contributed by atoms with Gasteiger partial charge >= 0.3 is 0 Å². The van der Waals surface area contributed by atoms with Gasteiger partial charge in [-0.15, -0.1) is 10.2 Å². The number of aromatic nitrogens is 3. The van der Waals surface area contributed by atoms with Crippen LogP contribution in [-0.2, 0) is 35.2 Å². The standard InChI is InChI=1S/C50H65N11O8/c62-45(13-9-37-6-4-19-51-33-37)53-20-2-1-5-36-15-22-60(23-16-36)50(67)42-10-12-44(56-55-42)58-24-17-38(18-25-58)57-26-28-59(29-27-57)47(64)35-69-32-31-68-30-21-52-41-8-3-7-39-40(41)34-61(49(39)66)43-11-14-46(63)54-48(43)65/h3-4,6-10,12-13,19,33,36,38,43,52H,1-2,5,11,14-18,20-32,34-35H2,(H,53,62)(H,54,63,65)/b13-9+. The summed E-state index contributed by atoms with van der Waals surface area (Å²) in [6.07, 6.45) is 14.2. The number of amides is 6. The van der Waals surface area contributed by atoms with E-state index >= 15 is 0 Å². The maximum atomic E-state index is 13.3. The van der Waals surface area contributed by atoms with Gasteiger partial charge in [-0.25, -0.2) is 0 Å². The van der Waals surface area contributed by atoms with Gasteiger partial charge in [-0.3, -0.25) is 44.0 Å². The zero-order valence-electron chi connectivity index (χ0n) is 39.4. The molecule has 19 heteroatoms. The summed E-state index contributed by atoms with van der Waals surface area (Å²) in [5, 5.41) is 17.5. The number of hydrogen-bond donors (Lipinski definition) is 3. The molecule has 0 aliphatic carbocycles. The van der Waals surface area contributed by atoms with Crippen LogP contribution in [0.2, 0.25) is 0 Å². The molecule has 1 unspecified atom stereocenters. The zero-order chi connectivity index (χ0) is 48.0. The topological polar surface area (TPSA) is 212 Å². The summed E-state index contributed by atoms with van der Waals surface area (Å²) in [6, 6.07) is 12.7. The third kappa shape index (κ3) is 13.3. The highest BCUT2D eigenvalue weighted by atomic mass is 16.5. The third-order valence-corrected chi connectivity index (χ3v) is 13.9. The van der Waals surface area contributed by atoms with E-state index in [4.69, 9.17) is 9.47 Å². The lowest BCUT2D eigenvalue weighted by Crippen LogP contribution is -2.55. The predicted molar refractivity (Wildman–Crippen MR) is 257 cm³/mol. The van der Waals surface area contributed by atoms with Crippen molar-refractivity contribution in [2.75, 3.05) is 102 Å². The average Bonchev–Trinajstić information content (AvgIpc) is 3.72. The molecule has 19 nitrogen and oxygen atoms in total. The summed E-state index contributed by atoms with van der Waals surface area (Å²) >= 11 is 0. The van der Waals surface area contributed by atoms with Crippen molar-refractivity contribution in [3.63, 3.8) is 0 Å². The number of unbranched alkanes of at least 4 members (excludes halogenated alkanes) is 1. The Morgan fingerprint density at radius 2 is 1.61 bits per heavy atom. The molecule has 0 bridgehead atoms. The van der Waals surface area contributed by atoms with Gasteiger partial charge in [-0.05, 0) is 86.4 Å². The van der Waals surface area contributed by atoms with Crippen molar-refractivity contribution < 1.29 is 38.2 Å². The molecule has 5 aliphatic rings. The fourth-order valence-electron chi connectivity index (χ4n) is 9.95. The molecule has 6 amide bonds. The molecule has 5 aliphatic heterocycles. The molecule has 2 aromatic heterocycles. The fourth-order valence-corrected chi connectivity index (χ4v) is 9.95. The van der Waals surface area contributed by atoms with E-state index in [9.17, 15) is 28.8 Å². The van der Waals surface area contributed by atoms with E-state index in [1.165, 1.54) is 4.90 Å². The van der Waals surface area contributed by atoms with Crippen LogP contribution in [0, 0.1) is 5.92 Å².